The SMILES string of the molecule is CC(O)(Cc1cccc(F)c1)c1ccc(Cl)cc1F. The van der Waals surface area contributed by atoms with E-state index < -0.39 is 11.4 Å². The van der Waals surface area contributed by atoms with Crippen LogP contribution in [0.4, 0.5) is 8.78 Å². The lowest BCUT2D eigenvalue weighted by molar-refractivity contribution is 0.0537. The molecule has 0 aliphatic carbocycles. The fraction of sp³-hybridized carbons (Fsp3) is 0.200. The first kappa shape index (κ1) is 14.0. The lowest BCUT2D eigenvalue weighted by Crippen LogP contribution is -2.25. The van der Waals surface area contributed by atoms with Gasteiger partial charge in [0.25, 0.3) is 0 Å². The molecule has 1 nitrogen and oxygen atoms in total. The van der Waals surface area contributed by atoms with E-state index in [2.05, 4.69) is 0 Å². The van der Waals surface area contributed by atoms with Crippen LogP contribution in [-0.4, -0.2) is 5.11 Å². The minimum atomic E-state index is -1.43. The second-order valence-electron chi connectivity index (χ2n) is 4.70. The average molecular weight is 283 g/mol. The monoisotopic (exact) mass is 282 g/mol. The first-order chi connectivity index (χ1) is 8.88. The minimum absolute atomic E-state index is 0.114. The van der Waals surface area contributed by atoms with Gasteiger partial charge in [0.15, 0.2) is 0 Å². The van der Waals surface area contributed by atoms with Crippen molar-refractivity contribution in [3.63, 3.8) is 0 Å². The van der Waals surface area contributed by atoms with Gasteiger partial charge in [-0.1, -0.05) is 29.8 Å². The van der Waals surface area contributed by atoms with E-state index in [1.807, 2.05) is 0 Å². The number of rotatable bonds is 3. The molecule has 2 rings (SSSR count). The number of aliphatic hydroxyl groups is 1. The van der Waals surface area contributed by atoms with Crippen LogP contribution in [-0.2, 0) is 12.0 Å². The van der Waals surface area contributed by atoms with E-state index in [0.29, 0.717) is 5.56 Å². The van der Waals surface area contributed by atoms with Crippen molar-refractivity contribution in [3.8, 4) is 0 Å². The summed E-state index contributed by atoms with van der Waals surface area (Å²) in [6.45, 7) is 1.49. The zero-order valence-electron chi connectivity index (χ0n) is 10.3. The molecule has 100 valence electrons. The Labute approximate surface area is 115 Å². The molecule has 0 bridgehead atoms. The molecular weight excluding hydrogens is 270 g/mol. The molecule has 0 radical (unpaired) electrons. The van der Waals surface area contributed by atoms with Crippen LogP contribution in [0.3, 0.4) is 0 Å². The van der Waals surface area contributed by atoms with Gasteiger partial charge >= 0.3 is 0 Å². The molecule has 0 saturated carbocycles. The van der Waals surface area contributed by atoms with Crippen LogP contribution in [0, 0.1) is 11.6 Å². The zero-order chi connectivity index (χ0) is 14.0. The third kappa shape index (κ3) is 3.31. The summed E-state index contributed by atoms with van der Waals surface area (Å²) in [6.07, 6.45) is 0.114. The number of hydrogen-bond donors (Lipinski definition) is 1. The van der Waals surface area contributed by atoms with Gasteiger partial charge in [-0.25, -0.2) is 8.78 Å². The molecule has 0 heterocycles. The summed E-state index contributed by atoms with van der Waals surface area (Å²) in [5.41, 5.74) is -0.692. The van der Waals surface area contributed by atoms with Gasteiger partial charge in [-0.3, -0.25) is 0 Å². The fourth-order valence-electron chi connectivity index (χ4n) is 2.07. The predicted octanol–water partition coefficient (Wildman–Crippen LogP) is 4.07. The Morgan fingerprint density at radius 1 is 1.16 bits per heavy atom. The molecule has 1 unspecified atom stereocenters. The van der Waals surface area contributed by atoms with Crippen LogP contribution in [0.2, 0.25) is 5.02 Å². The van der Waals surface area contributed by atoms with Gasteiger partial charge < -0.3 is 5.11 Å². The van der Waals surface area contributed by atoms with Crippen molar-refractivity contribution in [1.29, 1.82) is 0 Å². The van der Waals surface area contributed by atoms with Gasteiger partial charge in [0.1, 0.15) is 11.6 Å². The molecule has 1 N–H and O–H groups in total. The molecule has 0 amide bonds. The van der Waals surface area contributed by atoms with Crippen molar-refractivity contribution in [2.45, 2.75) is 18.9 Å². The van der Waals surface area contributed by atoms with Crippen molar-refractivity contribution >= 4 is 11.6 Å². The molecule has 0 aromatic heterocycles. The molecule has 0 aliphatic heterocycles. The summed E-state index contributed by atoms with van der Waals surface area (Å²) in [4.78, 5) is 0. The summed E-state index contributed by atoms with van der Waals surface area (Å²) in [5.74, 6) is -0.959. The van der Waals surface area contributed by atoms with E-state index in [1.54, 1.807) is 12.1 Å². The maximum atomic E-state index is 13.8. The number of benzene rings is 2. The van der Waals surface area contributed by atoms with E-state index in [0.717, 1.165) is 6.07 Å². The molecule has 0 aliphatic rings. The first-order valence-electron chi connectivity index (χ1n) is 5.81. The van der Waals surface area contributed by atoms with Gasteiger partial charge in [-0.2, -0.15) is 0 Å². The fourth-order valence-corrected chi connectivity index (χ4v) is 2.22. The summed E-state index contributed by atoms with van der Waals surface area (Å²) < 4.78 is 26.9. The first-order valence-corrected chi connectivity index (χ1v) is 6.19. The minimum Gasteiger partial charge on any atom is -0.385 e. The van der Waals surface area contributed by atoms with Crippen molar-refractivity contribution in [1.82, 2.24) is 0 Å². The van der Waals surface area contributed by atoms with Crippen LogP contribution in [0.25, 0.3) is 0 Å². The Morgan fingerprint density at radius 2 is 1.89 bits per heavy atom. The van der Waals surface area contributed by atoms with Gasteiger partial charge in [-0.05, 0) is 36.8 Å². The quantitative estimate of drug-likeness (QED) is 0.900. The normalized spacial score (nSPS) is 14.2. The molecule has 4 heteroatoms. The standard InChI is InChI=1S/C15H13ClF2O/c1-15(19,9-10-3-2-4-12(17)7-10)13-6-5-11(16)8-14(13)18/h2-8,19H,9H2,1H3. The summed E-state index contributed by atoms with van der Waals surface area (Å²) in [5, 5.41) is 10.7. The van der Waals surface area contributed by atoms with Crippen LogP contribution >= 0.6 is 11.6 Å². The van der Waals surface area contributed by atoms with Crippen LogP contribution in [0.5, 0.6) is 0 Å². The van der Waals surface area contributed by atoms with Gasteiger partial charge in [0.2, 0.25) is 0 Å². The second-order valence-corrected chi connectivity index (χ2v) is 5.14. The Balaban J connectivity index is 2.31. The number of hydrogen-bond acceptors (Lipinski definition) is 1. The molecule has 0 spiro atoms. The Kier molecular flexibility index (Phi) is 3.88. The highest BCUT2D eigenvalue weighted by molar-refractivity contribution is 6.30. The van der Waals surface area contributed by atoms with Crippen molar-refractivity contribution < 1.29 is 13.9 Å². The van der Waals surface area contributed by atoms with Crippen LogP contribution in [0.1, 0.15) is 18.1 Å². The topological polar surface area (TPSA) is 20.2 Å². The van der Waals surface area contributed by atoms with E-state index in [1.165, 1.54) is 31.2 Å². The van der Waals surface area contributed by atoms with E-state index >= 15 is 0 Å². The predicted molar refractivity (Wildman–Crippen MR) is 71.1 cm³/mol. The van der Waals surface area contributed by atoms with Gasteiger partial charge in [-0.15, -0.1) is 0 Å². The average Bonchev–Trinajstić information content (AvgIpc) is 2.27. The zero-order valence-corrected chi connectivity index (χ0v) is 11.1. The van der Waals surface area contributed by atoms with Gasteiger partial charge in [0, 0.05) is 17.0 Å². The highest BCUT2D eigenvalue weighted by Gasteiger charge is 2.27. The molecular formula is C15H13ClF2O. The maximum absolute atomic E-state index is 13.8. The number of halogens is 3. The lowest BCUT2D eigenvalue weighted by Gasteiger charge is -2.24. The molecule has 1 atom stereocenters. The molecule has 2 aromatic carbocycles. The highest BCUT2D eigenvalue weighted by atomic mass is 35.5. The van der Waals surface area contributed by atoms with E-state index in [4.69, 9.17) is 11.6 Å². The summed E-state index contributed by atoms with van der Waals surface area (Å²) in [6, 6.07) is 9.99. The Bertz CT molecular complexity index is 596. The third-order valence-electron chi connectivity index (χ3n) is 2.95. The molecule has 2 aromatic rings. The highest BCUT2D eigenvalue weighted by Crippen LogP contribution is 2.29. The van der Waals surface area contributed by atoms with Crippen LogP contribution < -0.4 is 0 Å². The summed E-state index contributed by atoms with van der Waals surface area (Å²) in [7, 11) is 0. The Morgan fingerprint density at radius 3 is 2.53 bits per heavy atom. The summed E-state index contributed by atoms with van der Waals surface area (Å²) >= 11 is 5.68. The van der Waals surface area contributed by atoms with E-state index in [-0.39, 0.29) is 22.8 Å². The molecule has 0 saturated heterocycles. The molecule has 19 heavy (non-hydrogen) atoms. The Hall–Kier alpha value is -1.45. The maximum Gasteiger partial charge on any atom is 0.130 e. The smallest absolute Gasteiger partial charge is 0.130 e. The largest absolute Gasteiger partial charge is 0.385 e. The van der Waals surface area contributed by atoms with Crippen molar-refractivity contribution in [2.75, 3.05) is 0 Å². The van der Waals surface area contributed by atoms with Crippen molar-refractivity contribution in [2.24, 2.45) is 0 Å². The second kappa shape index (κ2) is 5.27. The third-order valence-corrected chi connectivity index (χ3v) is 3.18. The molecule has 0 fully saturated rings. The van der Waals surface area contributed by atoms with E-state index in [9.17, 15) is 13.9 Å². The lowest BCUT2D eigenvalue weighted by atomic mass is 9.89. The van der Waals surface area contributed by atoms with Crippen molar-refractivity contribution in [3.05, 3.63) is 70.2 Å². The van der Waals surface area contributed by atoms with Gasteiger partial charge in [0.05, 0.1) is 5.60 Å². The van der Waals surface area contributed by atoms with Crippen LogP contribution in [0.15, 0.2) is 42.5 Å².